The molecule has 0 saturated carbocycles. The molecule has 0 fully saturated rings. The number of hydrogen-bond donors (Lipinski definition) is 1. The van der Waals surface area contributed by atoms with E-state index in [-0.39, 0.29) is 12.5 Å². The number of carbonyl (C=O) groups is 1. The van der Waals surface area contributed by atoms with Gasteiger partial charge >= 0.3 is 0 Å². The number of hydrogen-bond acceptors (Lipinski definition) is 4. The van der Waals surface area contributed by atoms with E-state index in [1.807, 2.05) is 49.4 Å². The Morgan fingerprint density at radius 3 is 2.91 bits per heavy atom. The van der Waals surface area contributed by atoms with Crippen molar-refractivity contribution in [1.29, 1.82) is 0 Å². The Bertz CT molecular complexity index is 824. The van der Waals surface area contributed by atoms with Crippen LogP contribution in [-0.2, 0) is 9.53 Å². The first-order valence-corrected chi connectivity index (χ1v) is 6.93. The first kappa shape index (κ1) is 14.3. The Morgan fingerprint density at radius 2 is 2.09 bits per heavy atom. The van der Waals surface area contributed by atoms with Gasteiger partial charge in [0.25, 0.3) is 0 Å². The molecular weight excluding hydrogens is 280 g/mol. The second-order valence-corrected chi connectivity index (χ2v) is 5.02. The average Bonchev–Trinajstić information content (AvgIpc) is 2.90. The number of anilines is 1. The highest BCUT2D eigenvalue weighted by Crippen LogP contribution is 2.30. The number of methoxy groups -OCH3 is 1. The van der Waals surface area contributed by atoms with Crippen LogP contribution in [0.1, 0.15) is 5.56 Å². The van der Waals surface area contributed by atoms with E-state index in [2.05, 4.69) is 10.3 Å². The smallest absolute Gasteiger partial charge is 0.250 e. The molecule has 0 unspecified atom stereocenters. The number of benzene rings is 2. The number of rotatable bonds is 4. The molecule has 1 N–H and O–H groups in total. The molecule has 0 aliphatic heterocycles. The normalized spacial score (nSPS) is 10.8. The van der Waals surface area contributed by atoms with Crippen molar-refractivity contribution in [2.75, 3.05) is 19.0 Å². The summed E-state index contributed by atoms with van der Waals surface area (Å²) in [5.41, 5.74) is 4.02. The van der Waals surface area contributed by atoms with Crippen LogP contribution in [0.25, 0.3) is 22.6 Å². The number of nitrogens with zero attached hydrogens (tertiary/aromatic N) is 1. The Balaban J connectivity index is 2.01. The van der Waals surface area contributed by atoms with Gasteiger partial charge in [-0.15, -0.1) is 0 Å². The van der Waals surface area contributed by atoms with Crippen molar-refractivity contribution in [3.63, 3.8) is 0 Å². The topological polar surface area (TPSA) is 64.4 Å². The molecule has 112 valence electrons. The van der Waals surface area contributed by atoms with Crippen LogP contribution in [0, 0.1) is 6.92 Å². The molecule has 0 spiro atoms. The van der Waals surface area contributed by atoms with Gasteiger partial charge in [-0.25, -0.2) is 4.98 Å². The Kier molecular flexibility index (Phi) is 3.89. The summed E-state index contributed by atoms with van der Waals surface area (Å²) in [6.07, 6.45) is 0. The summed E-state index contributed by atoms with van der Waals surface area (Å²) in [7, 11) is 1.48. The van der Waals surface area contributed by atoms with E-state index >= 15 is 0 Å². The van der Waals surface area contributed by atoms with Crippen LogP contribution in [0.3, 0.4) is 0 Å². The van der Waals surface area contributed by atoms with E-state index in [9.17, 15) is 4.79 Å². The van der Waals surface area contributed by atoms with E-state index in [4.69, 9.17) is 9.15 Å². The van der Waals surface area contributed by atoms with Gasteiger partial charge < -0.3 is 14.5 Å². The first-order chi connectivity index (χ1) is 10.7. The van der Waals surface area contributed by atoms with Gasteiger partial charge in [0.1, 0.15) is 12.1 Å². The average molecular weight is 296 g/mol. The van der Waals surface area contributed by atoms with E-state index < -0.39 is 0 Å². The lowest BCUT2D eigenvalue weighted by Crippen LogP contribution is -2.17. The molecule has 5 heteroatoms. The van der Waals surface area contributed by atoms with Gasteiger partial charge in [0.2, 0.25) is 11.8 Å². The Hall–Kier alpha value is -2.66. The highest BCUT2D eigenvalue weighted by molar-refractivity contribution is 5.95. The summed E-state index contributed by atoms with van der Waals surface area (Å²) in [6.45, 7) is 2.01. The van der Waals surface area contributed by atoms with Gasteiger partial charge in [-0.3, -0.25) is 4.79 Å². The van der Waals surface area contributed by atoms with Gasteiger partial charge in [-0.1, -0.05) is 18.2 Å². The fraction of sp³-hybridized carbons (Fsp3) is 0.176. The van der Waals surface area contributed by atoms with Crippen LogP contribution in [-0.4, -0.2) is 24.6 Å². The molecule has 0 aliphatic carbocycles. The molecule has 22 heavy (non-hydrogen) atoms. The molecule has 0 aliphatic rings. The number of ether oxygens (including phenoxy) is 1. The minimum Gasteiger partial charge on any atom is -0.436 e. The van der Waals surface area contributed by atoms with Crippen LogP contribution >= 0.6 is 0 Å². The molecule has 0 saturated heterocycles. The van der Waals surface area contributed by atoms with Crippen molar-refractivity contribution in [1.82, 2.24) is 4.98 Å². The van der Waals surface area contributed by atoms with Crippen molar-refractivity contribution in [3.8, 4) is 11.5 Å². The van der Waals surface area contributed by atoms with Crippen molar-refractivity contribution in [3.05, 3.63) is 48.0 Å². The minimum absolute atomic E-state index is 0.00108. The fourth-order valence-corrected chi connectivity index (χ4v) is 2.25. The molecule has 0 radical (unpaired) electrons. The monoisotopic (exact) mass is 296 g/mol. The van der Waals surface area contributed by atoms with E-state index in [0.29, 0.717) is 11.6 Å². The lowest BCUT2D eigenvalue weighted by molar-refractivity contribution is -0.119. The number of aromatic nitrogens is 1. The maximum atomic E-state index is 11.7. The quantitative estimate of drug-likeness (QED) is 0.801. The summed E-state index contributed by atoms with van der Waals surface area (Å²) >= 11 is 0. The van der Waals surface area contributed by atoms with Crippen LogP contribution in [0.15, 0.2) is 46.9 Å². The number of carbonyl (C=O) groups excluding carboxylic acids is 1. The molecule has 0 bridgehead atoms. The van der Waals surface area contributed by atoms with E-state index in [1.165, 1.54) is 7.11 Å². The van der Waals surface area contributed by atoms with Crippen LogP contribution < -0.4 is 5.32 Å². The van der Waals surface area contributed by atoms with Gasteiger partial charge in [-0.05, 0) is 36.8 Å². The third-order valence-corrected chi connectivity index (χ3v) is 3.25. The zero-order valence-electron chi connectivity index (χ0n) is 12.4. The maximum Gasteiger partial charge on any atom is 0.250 e. The number of para-hydroxylation sites is 1. The third-order valence-electron chi connectivity index (χ3n) is 3.25. The van der Waals surface area contributed by atoms with Crippen LogP contribution in [0.5, 0.6) is 0 Å². The SMILES string of the molecule is COCC(=O)Nc1ccccc1-c1nc2cc(C)ccc2o1. The number of nitrogens with one attached hydrogen (secondary N) is 1. The summed E-state index contributed by atoms with van der Waals surface area (Å²) in [5.74, 6) is 0.260. The summed E-state index contributed by atoms with van der Waals surface area (Å²) in [5, 5.41) is 2.80. The lowest BCUT2D eigenvalue weighted by Gasteiger charge is -2.08. The van der Waals surface area contributed by atoms with Crippen molar-refractivity contribution in [2.45, 2.75) is 6.92 Å². The first-order valence-electron chi connectivity index (χ1n) is 6.93. The van der Waals surface area contributed by atoms with Crippen molar-refractivity contribution >= 4 is 22.7 Å². The summed E-state index contributed by atoms with van der Waals surface area (Å²) in [4.78, 5) is 16.2. The molecule has 2 aromatic carbocycles. The molecule has 1 aromatic heterocycles. The fourth-order valence-electron chi connectivity index (χ4n) is 2.25. The number of amides is 1. The second kappa shape index (κ2) is 5.99. The number of oxazole rings is 1. The lowest BCUT2D eigenvalue weighted by atomic mass is 10.1. The second-order valence-electron chi connectivity index (χ2n) is 5.02. The van der Waals surface area contributed by atoms with Gasteiger partial charge in [0.15, 0.2) is 5.58 Å². The van der Waals surface area contributed by atoms with Gasteiger partial charge in [0.05, 0.1) is 11.3 Å². The summed E-state index contributed by atoms with van der Waals surface area (Å²) in [6, 6.07) is 13.2. The molecule has 1 amide bonds. The summed E-state index contributed by atoms with van der Waals surface area (Å²) < 4.78 is 10.6. The zero-order valence-corrected chi connectivity index (χ0v) is 12.4. The number of aryl methyl sites for hydroxylation is 1. The molecular formula is C17H16N2O3. The Morgan fingerprint density at radius 1 is 1.27 bits per heavy atom. The van der Waals surface area contributed by atoms with E-state index in [0.717, 1.165) is 22.2 Å². The predicted octanol–water partition coefficient (Wildman–Crippen LogP) is 3.39. The van der Waals surface area contributed by atoms with Crippen LogP contribution in [0.4, 0.5) is 5.69 Å². The van der Waals surface area contributed by atoms with E-state index in [1.54, 1.807) is 0 Å². The molecule has 1 heterocycles. The van der Waals surface area contributed by atoms with Gasteiger partial charge in [0, 0.05) is 7.11 Å². The highest BCUT2D eigenvalue weighted by atomic mass is 16.5. The van der Waals surface area contributed by atoms with Crippen molar-refractivity contribution in [2.24, 2.45) is 0 Å². The highest BCUT2D eigenvalue weighted by Gasteiger charge is 2.13. The minimum atomic E-state index is -0.220. The largest absolute Gasteiger partial charge is 0.436 e. The maximum absolute atomic E-state index is 11.7. The zero-order chi connectivity index (χ0) is 15.5. The standard InChI is InChI=1S/C17H16N2O3/c1-11-7-8-15-14(9-11)19-17(22-15)12-5-3-4-6-13(12)18-16(20)10-21-2/h3-9H,10H2,1-2H3,(H,18,20). The Labute approximate surface area is 127 Å². The molecule has 3 aromatic rings. The van der Waals surface area contributed by atoms with Gasteiger partial charge in [-0.2, -0.15) is 0 Å². The predicted molar refractivity (Wildman–Crippen MR) is 84.7 cm³/mol. The molecule has 3 rings (SSSR count). The van der Waals surface area contributed by atoms with Crippen molar-refractivity contribution < 1.29 is 13.9 Å². The number of fused-ring (bicyclic) bond motifs is 1. The molecule has 5 nitrogen and oxygen atoms in total. The van der Waals surface area contributed by atoms with Crippen LogP contribution in [0.2, 0.25) is 0 Å². The molecule has 0 atom stereocenters. The third kappa shape index (κ3) is 2.84.